The van der Waals surface area contributed by atoms with Crippen molar-refractivity contribution in [3.05, 3.63) is 71.8 Å². The molecule has 0 aromatic heterocycles. The average Bonchev–Trinajstić information content (AvgIpc) is 2.76. The minimum absolute atomic E-state index is 0.0867. The van der Waals surface area contributed by atoms with E-state index in [-0.39, 0.29) is 26.4 Å². The Kier molecular flexibility index (Phi) is 10.7. The zero-order valence-corrected chi connectivity index (χ0v) is 21.5. The summed E-state index contributed by atoms with van der Waals surface area (Å²) >= 11 is 0. The maximum absolute atomic E-state index is 13.2. The molecule has 0 atom stereocenters. The van der Waals surface area contributed by atoms with Gasteiger partial charge in [-0.2, -0.15) is 0 Å². The van der Waals surface area contributed by atoms with Crippen molar-refractivity contribution in [2.24, 2.45) is 0 Å². The number of hydrogen-bond acceptors (Lipinski definition) is 7. The maximum Gasteiger partial charge on any atom is 0.475 e. The number of alkyl carbamates (subject to hydrolysis) is 1. The van der Waals surface area contributed by atoms with Gasteiger partial charge >= 0.3 is 13.9 Å². The topological polar surface area (TPSA) is 92.3 Å². The van der Waals surface area contributed by atoms with Crippen LogP contribution in [0.2, 0.25) is 0 Å². The summed E-state index contributed by atoms with van der Waals surface area (Å²) in [6, 6.07) is 18.8. The van der Waals surface area contributed by atoms with Crippen LogP contribution in [0.1, 0.15) is 52.2 Å². The van der Waals surface area contributed by atoms with Crippen LogP contribution in [0.5, 0.6) is 0 Å². The first-order valence-corrected chi connectivity index (χ1v) is 12.7. The molecule has 2 rings (SSSR count). The summed E-state index contributed by atoms with van der Waals surface area (Å²) in [4.78, 5) is 12.0. The molecular formula is C25H36NO7P. The molecule has 0 heterocycles. The predicted molar refractivity (Wildman–Crippen MR) is 130 cm³/mol. The first kappa shape index (κ1) is 28.0. The van der Waals surface area contributed by atoms with Crippen LogP contribution in [0, 0.1) is 0 Å². The molecule has 9 heteroatoms. The number of phosphoric acid groups is 1. The van der Waals surface area contributed by atoms with Crippen LogP contribution in [0.3, 0.4) is 0 Å². The predicted octanol–water partition coefficient (Wildman–Crippen LogP) is 6.21. The van der Waals surface area contributed by atoms with Gasteiger partial charge in [0.25, 0.3) is 0 Å². The normalized spacial score (nSPS) is 12.4. The molecule has 0 radical (unpaired) electrons. The second kappa shape index (κ2) is 13.0. The Hall–Kier alpha value is -2.22. The van der Waals surface area contributed by atoms with Crippen molar-refractivity contribution in [1.29, 1.82) is 0 Å². The van der Waals surface area contributed by atoms with Crippen molar-refractivity contribution in [3.8, 4) is 0 Å². The molecule has 0 aliphatic carbocycles. The summed E-state index contributed by atoms with van der Waals surface area (Å²) in [6.07, 6.45) is -0.158. The lowest BCUT2D eigenvalue weighted by molar-refractivity contribution is -0.0518. The highest BCUT2D eigenvalue weighted by Crippen LogP contribution is 2.51. The zero-order valence-electron chi connectivity index (χ0n) is 20.6. The number of benzene rings is 2. The summed E-state index contributed by atoms with van der Waals surface area (Å²) in [5, 5.41) is 2.67. The van der Waals surface area contributed by atoms with Crippen LogP contribution in [0.15, 0.2) is 60.7 Å². The number of hydrogen-bond donors (Lipinski definition) is 1. The Morgan fingerprint density at radius 1 is 0.794 bits per heavy atom. The molecule has 0 saturated heterocycles. The van der Waals surface area contributed by atoms with Crippen molar-refractivity contribution >= 4 is 13.9 Å². The molecule has 0 aliphatic rings. The summed E-state index contributed by atoms with van der Waals surface area (Å²) in [5.41, 5.74) is 0.162. The Balaban J connectivity index is 1.83. The zero-order chi connectivity index (χ0) is 25.1. The van der Waals surface area contributed by atoms with E-state index in [0.29, 0.717) is 6.42 Å². The highest BCUT2D eigenvalue weighted by Gasteiger charge is 2.28. The monoisotopic (exact) mass is 493 g/mol. The second-order valence-corrected chi connectivity index (χ2v) is 10.8. The second-order valence-electron chi connectivity index (χ2n) is 9.14. The van der Waals surface area contributed by atoms with Gasteiger partial charge < -0.3 is 9.47 Å². The first-order valence-electron chi connectivity index (χ1n) is 11.2. The minimum Gasteiger partial charge on any atom is -0.444 e. The number of phosphoric ester groups is 1. The SMILES string of the molecule is CC(C)(C)OC(=O)NC(C)(C)OCCCOP(=O)(OCc1ccccc1)OCc1ccccc1. The minimum atomic E-state index is -3.82. The van der Waals surface area contributed by atoms with E-state index >= 15 is 0 Å². The number of ether oxygens (including phenoxy) is 2. The average molecular weight is 494 g/mol. The highest BCUT2D eigenvalue weighted by molar-refractivity contribution is 7.48. The fourth-order valence-electron chi connectivity index (χ4n) is 2.72. The Bertz CT molecular complexity index is 866. The van der Waals surface area contributed by atoms with E-state index in [9.17, 15) is 9.36 Å². The molecule has 0 aliphatic heterocycles. The van der Waals surface area contributed by atoms with E-state index in [1.54, 1.807) is 34.6 Å². The molecule has 0 fully saturated rings. The number of amides is 1. The van der Waals surface area contributed by atoms with Crippen molar-refractivity contribution in [2.75, 3.05) is 13.2 Å². The molecule has 8 nitrogen and oxygen atoms in total. The fourth-order valence-corrected chi connectivity index (χ4v) is 3.91. The molecule has 0 spiro atoms. The summed E-state index contributed by atoms with van der Waals surface area (Å²) in [6.45, 7) is 9.32. The van der Waals surface area contributed by atoms with Crippen molar-refractivity contribution < 1.29 is 32.4 Å². The first-order chi connectivity index (χ1) is 16.0. The van der Waals surface area contributed by atoms with E-state index in [1.165, 1.54) is 0 Å². The third kappa shape index (κ3) is 11.8. The smallest absolute Gasteiger partial charge is 0.444 e. The van der Waals surface area contributed by atoms with Gasteiger partial charge in [-0.05, 0) is 52.2 Å². The Morgan fingerprint density at radius 2 is 1.29 bits per heavy atom. The Labute approximate surface area is 202 Å². The molecule has 2 aromatic carbocycles. The summed E-state index contributed by atoms with van der Waals surface area (Å²) in [5.74, 6) is 0. The lowest BCUT2D eigenvalue weighted by atomic mass is 10.2. The lowest BCUT2D eigenvalue weighted by Gasteiger charge is -2.28. The number of carbonyl (C=O) groups excluding carboxylic acids is 1. The van der Waals surface area contributed by atoms with Gasteiger partial charge in [-0.15, -0.1) is 0 Å². The van der Waals surface area contributed by atoms with Crippen LogP contribution < -0.4 is 5.32 Å². The largest absolute Gasteiger partial charge is 0.475 e. The van der Waals surface area contributed by atoms with Gasteiger partial charge in [-0.25, -0.2) is 9.36 Å². The van der Waals surface area contributed by atoms with E-state index in [4.69, 9.17) is 23.0 Å². The molecule has 2 aromatic rings. The summed E-state index contributed by atoms with van der Waals surface area (Å²) < 4.78 is 40.9. The van der Waals surface area contributed by atoms with Crippen LogP contribution in [-0.4, -0.2) is 30.6 Å². The van der Waals surface area contributed by atoms with Gasteiger partial charge in [0.15, 0.2) is 0 Å². The van der Waals surface area contributed by atoms with Gasteiger partial charge in [-0.3, -0.25) is 18.9 Å². The van der Waals surface area contributed by atoms with Crippen LogP contribution >= 0.6 is 7.82 Å². The highest BCUT2D eigenvalue weighted by atomic mass is 31.2. The van der Waals surface area contributed by atoms with Gasteiger partial charge in [0.05, 0.1) is 26.4 Å². The van der Waals surface area contributed by atoms with Gasteiger partial charge in [-0.1, -0.05) is 60.7 Å². The standard InChI is InChI=1S/C25H36NO7P/c1-24(2,3)33-23(27)26-25(4,5)29-17-12-18-30-34(28,31-19-21-13-8-6-9-14-21)32-20-22-15-10-7-11-16-22/h6-11,13-16H,12,17-20H2,1-5H3,(H,26,27). The van der Waals surface area contributed by atoms with Crippen LogP contribution in [0.25, 0.3) is 0 Å². The van der Waals surface area contributed by atoms with E-state index in [1.807, 2.05) is 60.7 Å². The number of carbonyl (C=O) groups is 1. The van der Waals surface area contributed by atoms with Gasteiger partial charge in [0.2, 0.25) is 0 Å². The van der Waals surface area contributed by atoms with E-state index in [2.05, 4.69) is 5.32 Å². The fraction of sp³-hybridized carbons (Fsp3) is 0.480. The van der Waals surface area contributed by atoms with E-state index in [0.717, 1.165) is 11.1 Å². The van der Waals surface area contributed by atoms with Crippen molar-refractivity contribution in [3.63, 3.8) is 0 Å². The molecular weight excluding hydrogens is 457 g/mol. The molecule has 34 heavy (non-hydrogen) atoms. The van der Waals surface area contributed by atoms with Crippen LogP contribution in [0.4, 0.5) is 4.79 Å². The van der Waals surface area contributed by atoms with Crippen molar-refractivity contribution in [1.82, 2.24) is 5.32 Å². The molecule has 0 unspecified atom stereocenters. The molecule has 1 N–H and O–H groups in total. The van der Waals surface area contributed by atoms with Gasteiger partial charge in [0.1, 0.15) is 11.3 Å². The number of nitrogens with one attached hydrogen (secondary N) is 1. The number of rotatable bonds is 13. The summed E-state index contributed by atoms with van der Waals surface area (Å²) in [7, 11) is -3.82. The lowest BCUT2D eigenvalue weighted by Crippen LogP contribution is -2.47. The molecule has 0 saturated carbocycles. The third-order valence-corrected chi connectivity index (χ3v) is 5.66. The molecule has 1 amide bonds. The van der Waals surface area contributed by atoms with Crippen LogP contribution in [-0.2, 0) is 40.8 Å². The molecule has 0 bridgehead atoms. The van der Waals surface area contributed by atoms with Crippen molar-refractivity contribution in [2.45, 2.75) is 65.6 Å². The quantitative estimate of drug-likeness (QED) is 0.201. The molecule has 188 valence electrons. The van der Waals surface area contributed by atoms with Gasteiger partial charge in [0, 0.05) is 0 Å². The van der Waals surface area contributed by atoms with E-state index < -0.39 is 25.2 Å². The Morgan fingerprint density at radius 3 is 1.76 bits per heavy atom. The third-order valence-electron chi connectivity index (χ3n) is 4.27. The maximum atomic E-state index is 13.2.